The summed E-state index contributed by atoms with van der Waals surface area (Å²) < 4.78 is 5.16. The van der Waals surface area contributed by atoms with Crippen molar-refractivity contribution in [3.8, 4) is 11.1 Å². The van der Waals surface area contributed by atoms with Crippen molar-refractivity contribution in [2.24, 2.45) is 0 Å². The number of imide groups is 1. The molecule has 0 aliphatic carbocycles. The summed E-state index contributed by atoms with van der Waals surface area (Å²) in [5.41, 5.74) is 2.84. The molecule has 0 saturated carbocycles. The Kier molecular flexibility index (Phi) is 5.89. The van der Waals surface area contributed by atoms with Crippen LogP contribution in [0.5, 0.6) is 0 Å². The molecule has 1 aliphatic heterocycles. The number of aryl methyl sites for hydroxylation is 1. The highest BCUT2D eigenvalue weighted by molar-refractivity contribution is 7.15. The van der Waals surface area contributed by atoms with Crippen molar-refractivity contribution >= 4 is 40.0 Å². The molecule has 3 rings (SSSR count). The first-order valence-electron chi connectivity index (χ1n) is 8.89. The number of thiophene rings is 1. The Bertz CT molecular complexity index is 917. The summed E-state index contributed by atoms with van der Waals surface area (Å²) >= 11 is 1.20. The Morgan fingerprint density at radius 1 is 1.14 bits per heavy atom. The van der Waals surface area contributed by atoms with Crippen LogP contribution in [0.25, 0.3) is 11.1 Å². The third kappa shape index (κ3) is 4.12. The van der Waals surface area contributed by atoms with Crippen LogP contribution in [0.2, 0.25) is 0 Å². The maximum Gasteiger partial charge on any atom is 0.341 e. The maximum atomic E-state index is 12.5. The van der Waals surface area contributed by atoms with E-state index >= 15 is 0 Å². The molecule has 1 saturated heterocycles. The number of carbonyl (C=O) groups is 4. The number of hydrogen-bond donors (Lipinski definition) is 1. The average molecular weight is 400 g/mol. The molecule has 28 heavy (non-hydrogen) atoms. The largest absolute Gasteiger partial charge is 0.462 e. The second kappa shape index (κ2) is 8.35. The van der Waals surface area contributed by atoms with Crippen LogP contribution >= 0.6 is 11.3 Å². The van der Waals surface area contributed by atoms with Crippen molar-refractivity contribution in [3.05, 3.63) is 40.8 Å². The van der Waals surface area contributed by atoms with Gasteiger partial charge in [0, 0.05) is 23.8 Å². The molecule has 1 N–H and O–H groups in total. The Hall–Kier alpha value is -3.00. The molecule has 7 nitrogen and oxygen atoms in total. The summed E-state index contributed by atoms with van der Waals surface area (Å²) in [5, 5.41) is 4.76. The van der Waals surface area contributed by atoms with Crippen molar-refractivity contribution in [1.29, 1.82) is 0 Å². The predicted molar refractivity (Wildman–Crippen MR) is 105 cm³/mol. The number of amides is 3. The number of nitrogens with zero attached hydrogens (tertiary/aromatic N) is 1. The molecule has 1 fully saturated rings. The zero-order chi connectivity index (χ0) is 20.3. The normalized spacial score (nSPS) is 13.7. The van der Waals surface area contributed by atoms with Crippen LogP contribution in [0, 0.1) is 6.92 Å². The van der Waals surface area contributed by atoms with Crippen LogP contribution in [0.1, 0.15) is 35.7 Å². The van der Waals surface area contributed by atoms with E-state index in [1.54, 1.807) is 12.3 Å². The molecule has 0 unspecified atom stereocenters. The number of rotatable bonds is 6. The Morgan fingerprint density at radius 3 is 2.39 bits per heavy atom. The van der Waals surface area contributed by atoms with Gasteiger partial charge in [-0.25, -0.2) is 4.79 Å². The average Bonchev–Trinajstić information content (AvgIpc) is 3.21. The minimum absolute atomic E-state index is 0.122. The zero-order valence-electron chi connectivity index (χ0n) is 15.6. The molecular weight excluding hydrogens is 380 g/mol. The van der Waals surface area contributed by atoms with Crippen molar-refractivity contribution in [3.63, 3.8) is 0 Å². The fraction of sp³-hybridized carbons (Fsp3) is 0.300. The van der Waals surface area contributed by atoms with Gasteiger partial charge in [-0.05, 0) is 19.4 Å². The number of nitrogens with one attached hydrogen (secondary N) is 1. The molecule has 0 bridgehead atoms. The molecule has 0 spiro atoms. The number of carbonyl (C=O) groups excluding carboxylic acids is 4. The molecule has 2 aromatic rings. The first kappa shape index (κ1) is 19.8. The van der Waals surface area contributed by atoms with Crippen LogP contribution in [-0.2, 0) is 19.1 Å². The van der Waals surface area contributed by atoms with Gasteiger partial charge in [0.15, 0.2) is 0 Å². The highest BCUT2D eigenvalue weighted by Gasteiger charge is 2.31. The lowest BCUT2D eigenvalue weighted by atomic mass is 10.0. The number of likely N-dealkylation sites (tertiary alicyclic amines) is 1. The lowest BCUT2D eigenvalue weighted by Gasteiger charge is -2.13. The Morgan fingerprint density at radius 2 is 1.79 bits per heavy atom. The minimum Gasteiger partial charge on any atom is -0.462 e. The Labute approximate surface area is 166 Å². The van der Waals surface area contributed by atoms with Crippen LogP contribution in [0.4, 0.5) is 5.00 Å². The summed E-state index contributed by atoms with van der Waals surface area (Å²) in [6.07, 6.45) is 0.244. The topological polar surface area (TPSA) is 92.8 Å². The number of anilines is 1. The quantitative estimate of drug-likeness (QED) is 0.594. The second-order valence-corrected chi connectivity index (χ2v) is 7.24. The fourth-order valence-corrected chi connectivity index (χ4v) is 3.88. The van der Waals surface area contributed by atoms with Crippen LogP contribution < -0.4 is 5.32 Å². The van der Waals surface area contributed by atoms with Gasteiger partial charge in [0.1, 0.15) is 17.1 Å². The van der Waals surface area contributed by atoms with E-state index < -0.39 is 11.9 Å². The van der Waals surface area contributed by atoms with Gasteiger partial charge in [-0.2, -0.15) is 0 Å². The standard InChI is InChI=1S/C20H20N2O5S/c1-3-27-20(26)18-14(13-6-4-12(2)5-7-13)11-28-19(18)21-15(23)10-22-16(24)8-9-17(22)25/h4-7,11H,3,8-10H2,1-2H3,(H,21,23). The summed E-state index contributed by atoms with van der Waals surface area (Å²) in [6, 6.07) is 7.66. The number of benzene rings is 1. The number of esters is 1. The monoisotopic (exact) mass is 400 g/mol. The molecule has 1 aromatic heterocycles. The van der Waals surface area contributed by atoms with E-state index in [-0.39, 0.29) is 43.4 Å². The van der Waals surface area contributed by atoms with Crippen LogP contribution in [-0.4, -0.2) is 41.7 Å². The molecule has 146 valence electrons. The minimum atomic E-state index is -0.539. The van der Waals surface area contributed by atoms with Gasteiger partial charge in [-0.3, -0.25) is 19.3 Å². The first-order chi connectivity index (χ1) is 13.4. The predicted octanol–water partition coefficient (Wildman–Crippen LogP) is 2.99. The van der Waals surface area contributed by atoms with Gasteiger partial charge < -0.3 is 10.1 Å². The first-order valence-corrected chi connectivity index (χ1v) is 9.77. The van der Waals surface area contributed by atoms with Gasteiger partial charge in [0.05, 0.1) is 6.61 Å². The third-order valence-corrected chi connectivity index (χ3v) is 5.24. The molecule has 0 radical (unpaired) electrons. The molecule has 1 aliphatic rings. The Balaban J connectivity index is 1.87. The molecule has 0 atom stereocenters. The summed E-state index contributed by atoms with van der Waals surface area (Å²) in [6.45, 7) is 3.51. The summed E-state index contributed by atoms with van der Waals surface area (Å²) in [5.74, 6) is -1.80. The molecular formula is C20H20N2O5S. The van der Waals surface area contributed by atoms with E-state index in [1.165, 1.54) is 11.3 Å². The number of hydrogen-bond acceptors (Lipinski definition) is 6. The van der Waals surface area contributed by atoms with Crippen molar-refractivity contribution in [2.45, 2.75) is 26.7 Å². The summed E-state index contributed by atoms with van der Waals surface area (Å²) in [7, 11) is 0. The SMILES string of the molecule is CCOC(=O)c1c(-c2ccc(C)cc2)csc1NC(=O)CN1C(=O)CCC1=O. The van der Waals surface area contributed by atoms with Crippen molar-refractivity contribution in [2.75, 3.05) is 18.5 Å². The fourth-order valence-electron chi connectivity index (χ4n) is 2.91. The molecule has 1 aromatic carbocycles. The van der Waals surface area contributed by atoms with Crippen molar-refractivity contribution in [1.82, 2.24) is 4.90 Å². The highest BCUT2D eigenvalue weighted by Crippen LogP contribution is 2.36. The lowest BCUT2D eigenvalue weighted by Crippen LogP contribution is -2.36. The van der Waals surface area contributed by atoms with E-state index in [9.17, 15) is 19.2 Å². The van der Waals surface area contributed by atoms with E-state index in [2.05, 4.69) is 5.32 Å². The van der Waals surface area contributed by atoms with E-state index in [1.807, 2.05) is 31.2 Å². The lowest BCUT2D eigenvalue weighted by molar-refractivity contribution is -0.141. The third-order valence-electron chi connectivity index (χ3n) is 4.34. The second-order valence-electron chi connectivity index (χ2n) is 6.36. The smallest absolute Gasteiger partial charge is 0.341 e. The molecule has 3 amide bonds. The maximum absolute atomic E-state index is 12.5. The van der Waals surface area contributed by atoms with Crippen LogP contribution in [0.3, 0.4) is 0 Å². The van der Waals surface area contributed by atoms with Crippen molar-refractivity contribution < 1.29 is 23.9 Å². The van der Waals surface area contributed by atoms with Gasteiger partial charge in [0.2, 0.25) is 17.7 Å². The highest BCUT2D eigenvalue weighted by atomic mass is 32.1. The zero-order valence-corrected chi connectivity index (χ0v) is 16.4. The molecule has 8 heteroatoms. The van der Waals surface area contributed by atoms with Gasteiger partial charge in [-0.15, -0.1) is 11.3 Å². The van der Waals surface area contributed by atoms with E-state index in [4.69, 9.17) is 4.74 Å². The van der Waals surface area contributed by atoms with Gasteiger partial charge >= 0.3 is 5.97 Å². The molecule has 2 heterocycles. The van der Waals surface area contributed by atoms with Crippen LogP contribution in [0.15, 0.2) is 29.6 Å². The number of ether oxygens (including phenoxy) is 1. The van der Waals surface area contributed by atoms with Gasteiger partial charge in [0.25, 0.3) is 0 Å². The van der Waals surface area contributed by atoms with Gasteiger partial charge in [-0.1, -0.05) is 29.8 Å². The summed E-state index contributed by atoms with van der Waals surface area (Å²) in [4.78, 5) is 49.3. The van der Waals surface area contributed by atoms with E-state index in [0.717, 1.165) is 16.0 Å². The van der Waals surface area contributed by atoms with E-state index in [0.29, 0.717) is 10.6 Å².